The molecule has 2 heteroatoms. The van der Waals surface area contributed by atoms with E-state index in [0.717, 1.165) is 26.0 Å². The van der Waals surface area contributed by atoms with Crippen molar-refractivity contribution in [1.29, 1.82) is 0 Å². The van der Waals surface area contributed by atoms with E-state index in [1.54, 1.807) is 0 Å². The molecule has 9 heavy (non-hydrogen) atoms. The maximum Gasteiger partial charge on any atom is 0.0682 e. The lowest BCUT2D eigenvalue weighted by Crippen LogP contribution is -2.19. The lowest BCUT2D eigenvalue weighted by Gasteiger charge is -2.13. The first-order valence-corrected chi connectivity index (χ1v) is 3.65. The van der Waals surface area contributed by atoms with Gasteiger partial charge < -0.3 is 0 Å². The van der Waals surface area contributed by atoms with Crippen molar-refractivity contribution in [3.63, 3.8) is 0 Å². The van der Waals surface area contributed by atoms with Gasteiger partial charge in [0.25, 0.3) is 0 Å². The molecule has 0 unspecified atom stereocenters. The molecule has 0 aliphatic heterocycles. The quantitative estimate of drug-likeness (QED) is 0.526. The summed E-state index contributed by atoms with van der Waals surface area (Å²) >= 11 is 0. The number of hydrogen-bond acceptors (Lipinski definition) is 2. The highest BCUT2D eigenvalue weighted by molar-refractivity contribution is 4.32. The standard InChI is InChI=1S/C7H17NO/c1-4-6-8(3)9-7-5-2/h4-7H2,1-3H3. The Balaban J connectivity index is 2.95. The topological polar surface area (TPSA) is 12.5 Å². The van der Waals surface area contributed by atoms with Gasteiger partial charge in [0.05, 0.1) is 6.61 Å². The van der Waals surface area contributed by atoms with E-state index in [1.807, 2.05) is 12.1 Å². The molecule has 0 aromatic heterocycles. The highest BCUT2D eigenvalue weighted by atomic mass is 16.7. The lowest BCUT2D eigenvalue weighted by molar-refractivity contribution is -0.139. The van der Waals surface area contributed by atoms with Gasteiger partial charge in [0, 0.05) is 13.6 Å². The van der Waals surface area contributed by atoms with Gasteiger partial charge in [-0.2, -0.15) is 5.06 Å². The van der Waals surface area contributed by atoms with Crippen LogP contribution in [0.15, 0.2) is 0 Å². The minimum absolute atomic E-state index is 0.844. The molecule has 0 rings (SSSR count). The van der Waals surface area contributed by atoms with Crippen LogP contribution in [0.3, 0.4) is 0 Å². The van der Waals surface area contributed by atoms with Gasteiger partial charge in [0.15, 0.2) is 0 Å². The third-order valence-corrected chi connectivity index (χ3v) is 1.05. The Morgan fingerprint density at radius 1 is 1.22 bits per heavy atom. The van der Waals surface area contributed by atoms with E-state index in [-0.39, 0.29) is 0 Å². The lowest BCUT2D eigenvalue weighted by atomic mass is 10.5. The number of rotatable bonds is 5. The number of hydrogen-bond donors (Lipinski definition) is 0. The molecule has 0 saturated carbocycles. The van der Waals surface area contributed by atoms with Gasteiger partial charge in [-0.05, 0) is 12.8 Å². The average Bonchev–Trinajstić information content (AvgIpc) is 1.85. The molecule has 0 bridgehead atoms. The van der Waals surface area contributed by atoms with Crippen LogP contribution in [0.1, 0.15) is 26.7 Å². The molecular formula is C7H17NO. The van der Waals surface area contributed by atoms with Crippen molar-refractivity contribution in [3.05, 3.63) is 0 Å². The maximum absolute atomic E-state index is 5.26. The summed E-state index contributed by atoms with van der Waals surface area (Å²) in [6, 6.07) is 0. The molecule has 0 aliphatic rings. The van der Waals surface area contributed by atoms with E-state index in [2.05, 4.69) is 13.8 Å². The van der Waals surface area contributed by atoms with E-state index in [9.17, 15) is 0 Å². The number of hydroxylamine groups is 2. The molecule has 0 heterocycles. The van der Waals surface area contributed by atoms with E-state index in [0.29, 0.717) is 0 Å². The van der Waals surface area contributed by atoms with Gasteiger partial charge in [-0.1, -0.05) is 13.8 Å². The molecule has 0 N–H and O–H groups in total. The van der Waals surface area contributed by atoms with Crippen LogP contribution in [-0.2, 0) is 4.84 Å². The SMILES string of the molecule is CCCON(C)CCC. The largest absolute Gasteiger partial charge is 0.299 e. The molecule has 2 nitrogen and oxygen atoms in total. The monoisotopic (exact) mass is 131 g/mol. The second-order valence-electron chi connectivity index (χ2n) is 2.18. The van der Waals surface area contributed by atoms with Crippen LogP contribution in [0.4, 0.5) is 0 Å². The van der Waals surface area contributed by atoms with Crippen LogP contribution in [0.5, 0.6) is 0 Å². The Labute approximate surface area is 57.8 Å². The summed E-state index contributed by atoms with van der Waals surface area (Å²) in [5.41, 5.74) is 0. The molecule has 0 aromatic rings. The molecule has 0 amide bonds. The normalized spacial score (nSPS) is 10.7. The van der Waals surface area contributed by atoms with Crippen LogP contribution < -0.4 is 0 Å². The Hall–Kier alpha value is -0.0800. The van der Waals surface area contributed by atoms with Crippen molar-refractivity contribution in [3.8, 4) is 0 Å². The molecule has 0 aliphatic carbocycles. The van der Waals surface area contributed by atoms with Gasteiger partial charge in [0.1, 0.15) is 0 Å². The van der Waals surface area contributed by atoms with Crippen molar-refractivity contribution in [2.45, 2.75) is 26.7 Å². The molecule has 0 fully saturated rings. The molecule has 0 saturated heterocycles. The zero-order valence-corrected chi connectivity index (χ0v) is 6.68. The summed E-state index contributed by atoms with van der Waals surface area (Å²) in [7, 11) is 1.97. The van der Waals surface area contributed by atoms with Crippen LogP contribution in [0, 0.1) is 0 Å². The van der Waals surface area contributed by atoms with Gasteiger partial charge >= 0.3 is 0 Å². The van der Waals surface area contributed by atoms with Crippen LogP contribution in [0.25, 0.3) is 0 Å². The van der Waals surface area contributed by atoms with Gasteiger partial charge in [-0.3, -0.25) is 4.84 Å². The van der Waals surface area contributed by atoms with E-state index >= 15 is 0 Å². The van der Waals surface area contributed by atoms with Crippen LogP contribution in [-0.4, -0.2) is 25.3 Å². The maximum atomic E-state index is 5.26. The van der Waals surface area contributed by atoms with Gasteiger partial charge in [-0.25, -0.2) is 0 Å². The number of nitrogens with zero attached hydrogens (tertiary/aromatic N) is 1. The van der Waals surface area contributed by atoms with E-state index in [4.69, 9.17) is 4.84 Å². The van der Waals surface area contributed by atoms with Crippen molar-refractivity contribution >= 4 is 0 Å². The van der Waals surface area contributed by atoms with Crippen LogP contribution in [0.2, 0.25) is 0 Å². The second kappa shape index (κ2) is 6.05. The molecule has 0 radical (unpaired) electrons. The van der Waals surface area contributed by atoms with Crippen molar-refractivity contribution in [2.75, 3.05) is 20.2 Å². The van der Waals surface area contributed by atoms with Crippen LogP contribution >= 0.6 is 0 Å². The molecular weight excluding hydrogens is 114 g/mol. The minimum Gasteiger partial charge on any atom is -0.299 e. The van der Waals surface area contributed by atoms with Gasteiger partial charge in [-0.15, -0.1) is 0 Å². The Morgan fingerprint density at radius 2 is 1.89 bits per heavy atom. The van der Waals surface area contributed by atoms with E-state index < -0.39 is 0 Å². The van der Waals surface area contributed by atoms with Crippen molar-refractivity contribution < 1.29 is 4.84 Å². The summed E-state index contributed by atoms with van der Waals surface area (Å²) in [6.07, 6.45) is 2.24. The molecule has 0 aromatic carbocycles. The fourth-order valence-corrected chi connectivity index (χ4v) is 0.627. The summed E-state index contributed by atoms with van der Waals surface area (Å²) in [4.78, 5) is 5.26. The highest BCUT2D eigenvalue weighted by Gasteiger charge is 1.92. The average molecular weight is 131 g/mol. The zero-order chi connectivity index (χ0) is 7.11. The second-order valence-corrected chi connectivity index (χ2v) is 2.18. The Bertz CT molecular complexity index is 56.9. The molecule has 0 spiro atoms. The third kappa shape index (κ3) is 5.80. The first kappa shape index (κ1) is 8.92. The summed E-state index contributed by atoms with van der Waals surface area (Å²) in [6.45, 7) is 6.13. The summed E-state index contributed by atoms with van der Waals surface area (Å²) in [5, 5.41) is 1.89. The highest BCUT2D eigenvalue weighted by Crippen LogP contribution is 1.88. The smallest absolute Gasteiger partial charge is 0.0682 e. The molecule has 0 atom stereocenters. The molecule has 56 valence electrons. The predicted molar refractivity (Wildman–Crippen MR) is 39.2 cm³/mol. The first-order chi connectivity index (χ1) is 4.31. The summed E-state index contributed by atoms with van der Waals surface area (Å²) < 4.78 is 0. The van der Waals surface area contributed by atoms with E-state index in [1.165, 1.54) is 0 Å². The third-order valence-electron chi connectivity index (χ3n) is 1.05. The zero-order valence-electron chi connectivity index (χ0n) is 6.68. The fraction of sp³-hybridized carbons (Fsp3) is 1.00. The minimum atomic E-state index is 0.844. The van der Waals surface area contributed by atoms with Crippen molar-refractivity contribution in [2.24, 2.45) is 0 Å². The summed E-state index contributed by atoms with van der Waals surface area (Å²) in [5.74, 6) is 0. The first-order valence-electron chi connectivity index (χ1n) is 3.65. The van der Waals surface area contributed by atoms with Crippen molar-refractivity contribution in [1.82, 2.24) is 5.06 Å². The predicted octanol–water partition coefficient (Wildman–Crippen LogP) is 1.67. The fourth-order valence-electron chi connectivity index (χ4n) is 0.627. The Morgan fingerprint density at radius 3 is 2.33 bits per heavy atom. The van der Waals surface area contributed by atoms with Gasteiger partial charge in [0.2, 0.25) is 0 Å². The Kier molecular flexibility index (Phi) is 5.99.